The fourth-order valence-corrected chi connectivity index (χ4v) is 2.80. The summed E-state index contributed by atoms with van der Waals surface area (Å²) in [4.78, 5) is -0.00739. The number of hydrogen-bond acceptors (Lipinski definition) is 3. The smallest absolute Gasteiger partial charge is 0.261 e. The van der Waals surface area contributed by atoms with Gasteiger partial charge in [0.2, 0.25) is 0 Å². The van der Waals surface area contributed by atoms with Crippen LogP contribution in [0.15, 0.2) is 47.4 Å². The molecule has 0 unspecified atom stereocenters. The largest absolute Gasteiger partial charge is 0.380 e. The van der Waals surface area contributed by atoms with E-state index in [2.05, 4.69) is 4.72 Å². The van der Waals surface area contributed by atoms with Gasteiger partial charge in [0.05, 0.1) is 17.2 Å². The second kappa shape index (κ2) is 6.19. The molecule has 0 spiro atoms. The average Bonchev–Trinajstić information content (AvgIpc) is 2.38. The van der Waals surface area contributed by atoms with Gasteiger partial charge in [-0.1, -0.05) is 12.1 Å². The van der Waals surface area contributed by atoms with Crippen LogP contribution in [0.1, 0.15) is 5.56 Å². The normalized spacial score (nSPS) is 11.4. The minimum atomic E-state index is -3.90. The summed E-state index contributed by atoms with van der Waals surface area (Å²) in [5.41, 5.74) is 0.640. The van der Waals surface area contributed by atoms with Gasteiger partial charge in [-0.25, -0.2) is 17.2 Å². The van der Waals surface area contributed by atoms with Gasteiger partial charge >= 0.3 is 0 Å². The van der Waals surface area contributed by atoms with Crippen molar-refractivity contribution in [1.29, 1.82) is 0 Å². The fourth-order valence-electron chi connectivity index (χ4n) is 1.76. The van der Waals surface area contributed by atoms with Gasteiger partial charge in [-0.2, -0.15) is 0 Å². The summed E-state index contributed by atoms with van der Waals surface area (Å²) < 4.78 is 57.4. The summed E-state index contributed by atoms with van der Waals surface area (Å²) in [6, 6.07) is 8.46. The van der Waals surface area contributed by atoms with Crippen LogP contribution in [0.25, 0.3) is 0 Å². The maximum absolute atomic E-state index is 13.1. The Morgan fingerprint density at radius 3 is 2.14 bits per heavy atom. The van der Waals surface area contributed by atoms with Gasteiger partial charge in [0.25, 0.3) is 10.0 Å². The minimum Gasteiger partial charge on any atom is -0.380 e. The van der Waals surface area contributed by atoms with E-state index in [1.54, 1.807) is 12.1 Å². The number of benzene rings is 2. The number of anilines is 1. The predicted molar refractivity (Wildman–Crippen MR) is 74.3 cm³/mol. The van der Waals surface area contributed by atoms with Gasteiger partial charge in [0.15, 0.2) is 0 Å². The van der Waals surface area contributed by atoms with Crippen LogP contribution in [0.5, 0.6) is 0 Å². The van der Waals surface area contributed by atoms with Gasteiger partial charge in [-0.15, -0.1) is 0 Å². The van der Waals surface area contributed by atoms with Gasteiger partial charge in [0, 0.05) is 13.2 Å². The maximum atomic E-state index is 13.1. The molecule has 2 aromatic rings. The third-order valence-corrected chi connectivity index (χ3v) is 4.06. The Bertz CT molecular complexity index is 710. The van der Waals surface area contributed by atoms with Crippen LogP contribution in [0, 0.1) is 11.6 Å². The number of rotatable bonds is 5. The van der Waals surface area contributed by atoms with Crippen LogP contribution in [0.4, 0.5) is 14.5 Å². The zero-order valence-corrected chi connectivity index (χ0v) is 12.0. The van der Waals surface area contributed by atoms with Crippen LogP contribution < -0.4 is 4.72 Å². The molecule has 0 saturated heterocycles. The monoisotopic (exact) mass is 313 g/mol. The molecule has 2 rings (SSSR count). The van der Waals surface area contributed by atoms with Crippen molar-refractivity contribution in [3.05, 3.63) is 59.7 Å². The van der Waals surface area contributed by atoms with E-state index < -0.39 is 21.7 Å². The van der Waals surface area contributed by atoms with E-state index in [1.165, 1.54) is 19.2 Å². The van der Waals surface area contributed by atoms with Gasteiger partial charge < -0.3 is 4.74 Å². The van der Waals surface area contributed by atoms with Crippen molar-refractivity contribution < 1.29 is 21.9 Å². The van der Waals surface area contributed by atoms with E-state index in [-0.39, 0.29) is 10.6 Å². The summed E-state index contributed by atoms with van der Waals surface area (Å²) in [5, 5.41) is 0. The first-order valence-corrected chi connectivity index (χ1v) is 7.46. The lowest BCUT2D eigenvalue weighted by atomic mass is 10.2. The molecule has 4 nitrogen and oxygen atoms in total. The highest BCUT2D eigenvalue weighted by Crippen LogP contribution is 2.19. The molecule has 0 aliphatic carbocycles. The highest BCUT2D eigenvalue weighted by atomic mass is 32.2. The molecule has 0 aromatic heterocycles. The molecule has 1 N–H and O–H groups in total. The molecule has 0 atom stereocenters. The highest BCUT2D eigenvalue weighted by Gasteiger charge is 2.15. The molecule has 0 radical (unpaired) electrons. The van der Waals surface area contributed by atoms with E-state index in [0.717, 1.165) is 17.7 Å². The molecule has 0 amide bonds. The maximum Gasteiger partial charge on any atom is 0.261 e. The molecule has 2 aromatic carbocycles. The number of methoxy groups -OCH3 is 1. The molecule has 0 fully saturated rings. The number of halogens is 2. The lowest BCUT2D eigenvalue weighted by Gasteiger charge is -2.09. The summed E-state index contributed by atoms with van der Waals surface area (Å²) in [6.07, 6.45) is 0. The first kappa shape index (κ1) is 15.4. The van der Waals surface area contributed by atoms with E-state index in [9.17, 15) is 17.2 Å². The topological polar surface area (TPSA) is 55.4 Å². The van der Waals surface area contributed by atoms with E-state index >= 15 is 0 Å². The van der Waals surface area contributed by atoms with E-state index in [4.69, 9.17) is 4.74 Å². The van der Waals surface area contributed by atoms with Crippen LogP contribution in [-0.2, 0) is 21.4 Å². The second-order valence-corrected chi connectivity index (χ2v) is 6.02. The SMILES string of the molecule is COCc1ccc(S(=O)(=O)Nc2cc(F)cc(F)c2)cc1. The summed E-state index contributed by atoms with van der Waals surface area (Å²) in [6.45, 7) is 0.364. The Labute approximate surface area is 121 Å². The molecule has 7 heteroatoms. The van der Waals surface area contributed by atoms with Gasteiger partial charge in [0.1, 0.15) is 11.6 Å². The van der Waals surface area contributed by atoms with Crippen molar-refractivity contribution in [1.82, 2.24) is 0 Å². The van der Waals surface area contributed by atoms with Crippen LogP contribution in [0.2, 0.25) is 0 Å². The Hall–Kier alpha value is -1.99. The standard InChI is InChI=1S/C14H13F2NO3S/c1-20-9-10-2-4-14(5-3-10)21(18,19)17-13-7-11(15)6-12(16)8-13/h2-8,17H,9H2,1H3. The molecular weight excluding hydrogens is 300 g/mol. The second-order valence-electron chi connectivity index (χ2n) is 4.34. The molecule has 112 valence electrons. The quantitative estimate of drug-likeness (QED) is 0.923. The Balaban J connectivity index is 2.25. The highest BCUT2D eigenvalue weighted by molar-refractivity contribution is 7.92. The van der Waals surface area contributed by atoms with Crippen molar-refractivity contribution in [3.63, 3.8) is 0 Å². The Morgan fingerprint density at radius 1 is 1.05 bits per heavy atom. The van der Waals surface area contributed by atoms with E-state index in [1.807, 2.05) is 0 Å². The molecule has 0 aliphatic heterocycles. The molecule has 0 heterocycles. The first-order valence-electron chi connectivity index (χ1n) is 5.97. The van der Waals surface area contributed by atoms with Crippen molar-refractivity contribution in [2.75, 3.05) is 11.8 Å². The number of nitrogens with one attached hydrogen (secondary N) is 1. The first-order chi connectivity index (χ1) is 9.90. The van der Waals surface area contributed by atoms with Crippen molar-refractivity contribution in [3.8, 4) is 0 Å². The van der Waals surface area contributed by atoms with Crippen LogP contribution >= 0.6 is 0 Å². The summed E-state index contributed by atoms with van der Waals surface area (Å²) in [5.74, 6) is -1.72. The Kier molecular flexibility index (Phi) is 4.54. The van der Waals surface area contributed by atoms with Gasteiger partial charge in [-0.3, -0.25) is 4.72 Å². The number of hydrogen-bond donors (Lipinski definition) is 1. The minimum absolute atomic E-state index is 0.00739. The fraction of sp³-hybridized carbons (Fsp3) is 0.143. The lowest BCUT2D eigenvalue weighted by molar-refractivity contribution is 0.185. The van der Waals surface area contributed by atoms with Crippen LogP contribution in [0.3, 0.4) is 0 Å². The zero-order valence-electron chi connectivity index (χ0n) is 11.1. The molecule has 0 bridgehead atoms. The molecule has 0 aliphatic rings. The predicted octanol–water partition coefficient (Wildman–Crippen LogP) is 2.91. The average molecular weight is 313 g/mol. The summed E-state index contributed by atoms with van der Waals surface area (Å²) >= 11 is 0. The molecule has 21 heavy (non-hydrogen) atoms. The van der Waals surface area contributed by atoms with Gasteiger partial charge in [-0.05, 0) is 29.8 Å². The molecular formula is C14H13F2NO3S. The van der Waals surface area contributed by atoms with Crippen LogP contribution in [-0.4, -0.2) is 15.5 Å². The summed E-state index contributed by atoms with van der Waals surface area (Å²) in [7, 11) is -2.37. The van der Waals surface area contributed by atoms with Crippen molar-refractivity contribution in [2.24, 2.45) is 0 Å². The number of sulfonamides is 1. The Morgan fingerprint density at radius 2 is 1.62 bits per heavy atom. The lowest BCUT2D eigenvalue weighted by Crippen LogP contribution is -2.13. The third-order valence-electron chi connectivity index (χ3n) is 2.66. The van der Waals surface area contributed by atoms with Crippen molar-refractivity contribution in [2.45, 2.75) is 11.5 Å². The zero-order chi connectivity index (χ0) is 15.5. The third kappa shape index (κ3) is 3.99. The van der Waals surface area contributed by atoms with Crippen molar-refractivity contribution >= 4 is 15.7 Å². The number of ether oxygens (including phenoxy) is 1. The van der Waals surface area contributed by atoms with E-state index in [0.29, 0.717) is 12.7 Å². The molecule has 0 saturated carbocycles.